The van der Waals surface area contributed by atoms with Gasteiger partial charge in [-0.2, -0.15) is 9.97 Å². The van der Waals surface area contributed by atoms with Gasteiger partial charge in [-0.1, -0.05) is 121 Å². The monoisotopic (exact) mass is 691 g/mol. The van der Waals surface area contributed by atoms with Crippen LogP contribution in [0.15, 0.2) is 163 Å². The number of para-hydroxylation sites is 3. The van der Waals surface area contributed by atoms with E-state index in [4.69, 9.17) is 36.9 Å². The van der Waals surface area contributed by atoms with Gasteiger partial charge in [-0.3, -0.25) is 4.57 Å². The molecule has 0 saturated heterocycles. The van der Waals surface area contributed by atoms with Gasteiger partial charge in [0.25, 0.3) is 0 Å². The molecule has 0 bridgehead atoms. The van der Waals surface area contributed by atoms with Crippen molar-refractivity contribution in [3.8, 4) is 34.4 Å². The minimum Gasteiger partial charge on any atom is -0.309 e. The smallest absolute Gasteiger partial charge is 0.238 e. The number of nitrogens with zero attached hydrogens (tertiary/aromatic N) is 5. The van der Waals surface area contributed by atoms with E-state index in [9.17, 15) is 8.22 Å². The third kappa shape index (κ3) is 4.17. The van der Waals surface area contributed by atoms with Crippen molar-refractivity contribution in [3.05, 3.63) is 163 Å². The topological polar surface area (TPSA) is 48.5 Å². The maximum atomic E-state index is 9.80. The first-order chi connectivity index (χ1) is 34.5. The molecule has 0 spiro atoms. The number of benzene rings is 7. The standard InChI is InChI=1S/C45H27N5S/c1-3-14-28(15-4-1)43-46-44(35-22-13-21-33-31-19-9-12-25-39(31)51-42(33)35)48-45(47-43)50-37-24-11-8-20-34(37)40-38(50)27-26-32-30-18-7-10-23-36(30)49(41(32)40)29-16-5-2-6-17-29/h1-27H/i2D,5D,6D,7D,8D,9D,10D,11D,12D,13D,16D,17D,18D,19D,20D,21D,22D,23D,24D,25D,26D,27D. The summed E-state index contributed by atoms with van der Waals surface area (Å²) in [6.07, 6.45) is 0. The molecule has 0 saturated carbocycles. The molecule has 5 nitrogen and oxygen atoms in total. The molecule has 11 rings (SSSR count). The quantitative estimate of drug-likeness (QED) is 0.185. The summed E-state index contributed by atoms with van der Waals surface area (Å²) in [5.41, 5.74) is -2.39. The van der Waals surface area contributed by atoms with Crippen LogP contribution in [0.4, 0.5) is 0 Å². The normalized spacial score (nSPS) is 18.0. The van der Waals surface area contributed by atoms with Crippen molar-refractivity contribution in [3.63, 3.8) is 0 Å². The fourth-order valence-electron chi connectivity index (χ4n) is 6.38. The van der Waals surface area contributed by atoms with Crippen LogP contribution in [0.5, 0.6) is 0 Å². The number of thiophene rings is 1. The van der Waals surface area contributed by atoms with Crippen LogP contribution >= 0.6 is 11.3 Å². The van der Waals surface area contributed by atoms with Crippen LogP contribution in [-0.4, -0.2) is 24.1 Å². The Balaban J connectivity index is 1.42. The Morgan fingerprint density at radius 2 is 1.18 bits per heavy atom. The SMILES string of the molecule is [2H]c1c([2H])c([2H])c(-n2c3c([2H])c([2H])c([2H])c([2H])c3c3c([2H])c([2H])c4c(c5c([2H])c([2H])c([2H])c([2H])c5n4-c4nc(-c5ccccc5)nc(-c5c([2H])c([2H])c([2H])c6c5sc5c([2H])c([2H])c([2H])c([2H])c56)n4)c32)c([2H])c1[2H]. The Morgan fingerprint density at radius 3 is 2.02 bits per heavy atom. The first-order valence-electron chi connectivity index (χ1n) is 26.3. The Hall–Kier alpha value is -6.63. The lowest BCUT2D eigenvalue weighted by molar-refractivity contribution is 0.954. The molecule has 7 aromatic carbocycles. The average Bonchev–Trinajstić information content (AvgIpc) is 4.07. The molecule has 51 heavy (non-hydrogen) atoms. The fourth-order valence-corrected chi connectivity index (χ4v) is 7.44. The highest BCUT2D eigenvalue weighted by Gasteiger charge is 2.23. The van der Waals surface area contributed by atoms with Crippen molar-refractivity contribution in [1.29, 1.82) is 0 Å². The molecule has 0 aliphatic rings. The highest BCUT2D eigenvalue weighted by atomic mass is 32.1. The van der Waals surface area contributed by atoms with Gasteiger partial charge in [-0.15, -0.1) is 11.3 Å². The summed E-state index contributed by atoms with van der Waals surface area (Å²) in [6, 6.07) is -7.74. The van der Waals surface area contributed by atoms with Crippen molar-refractivity contribution in [2.24, 2.45) is 0 Å². The van der Waals surface area contributed by atoms with E-state index in [0.717, 1.165) is 20.5 Å². The second-order valence-corrected chi connectivity index (χ2v) is 12.2. The fraction of sp³-hybridized carbons (Fsp3) is 0. The molecule has 0 aliphatic carbocycles. The third-order valence-corrected chi connectivity index (χ3v) is 9.59. The first-order valence-corrected chi connectivity index (χ1v) is 16.1. The highest BCUT2D eigenvalue weighted by molar-refractivity contribution is 7.26. The Bertz CT molecular complexity index is 4390. The van der Waals surface area contributed by atoms with Crippen LogP contribution in [-0.2, 0) is 0 Å². The number of hydrogen-bond donors (Lipinski definition) is 0. The van der Waals surface area contributed by atoms with Crippen molar-refractivity contribution < 1.29 is 30.2 Å². The lowest BCUT2D eigenvalue weighted by atomic mass is 10.1. The van der Waals surface area contributed by atoms with Gasteiger partial charge in [0, 0.05) is 58.5 Å². The summed E-state index contributed by atoms with van der Waals surface area (Å²) in [7, 11) is 0. The molecule has 6 heteroatoms. The molecule has 0 radical (unpaired) electrons. The Morgan fingerprint density at radius 1 is 0.490 bits per heavy atom. The zero-order valence-electron chi connectivity index (χ0n) is 47.5. The minimum atomic E-state index is -0.855. The maximum absolute atomic E-state index is 9.80. The predicted molar refractivity (Wildman–Crippen MR) is 212 cm³/mol. The van der Waals surface area contributed by atoms with Gasteiger partial charge in [-0.25, -0.2) is 4.98 Å². The van der Waals surface area contributed by atoms with E-state index in [0.29, 0.717) is 5.56 Å². The summed E-state index contributed by atoms with van der Waals surface area (Å²) < 4.78 is 199. The lowest BCUT2D eigenvalue weighted by Crippen LogP contribution is -2.06. The zero-order chi connectivity index (χ0) is 52.6. The second-order valence-electron chi connectivity index (χ2n) is 11.2. The van der Waals surface area contributed by atoms with Crippen LogP contribution in [0, 0.1) is 0 Å². The predicted octanol–water partition coefficient (Wildman–Crippen LogP) is 11.8. The Labute approximate surface area is 327 Å². The molecule has 0 fully saturated rings. The summed E-state index contributed by atoms with van der Waals surface area (Å²) >= 11 is 0.793. The molecule has 238 valence electrons. The molecule has 0 amide bonds. The number of fused-ring (bicyclic) bond motifs is 10. The van der Waals surface area contributed by atoms with Crippen LogP contribution in [0.1, 0.15) is 30.2 Å². The van der Waals surface area contributed by atoms with Crippen LogP contribution in [0.2, 0.25) is 0 Å². The molecule has 0 atom stereocenters. The maximum Gasteiger partial charge on any atom is 0.238 e. The van der Waals surface area contributed by atoms with Crippen molar-refractivity contribution >= 4 is 75.1 Å². The molecule has 0 aliphatic heterocycles. The van der Waals surface area contributed by atoms with Gasteiger partial charge < -0.3 is 4.57 Å². The molecular weight excluding hydrogens is 643 g/mol. The summed E-state index contributed by atoms with van der Waals surface area (Å²) in [6.45, 7) is 0. The van der Waals surface area contributed by atoms with Gasteiger partial charge in [0.2, 0.25) is 5.95 Å². The first kappa shape index (κ1) is 14.3. The average molecular weight is 692 g/mol. The lowest BCUT2D eigenvalue weighted by Gasteiger charge is -2.12. The molecule has 4 heterocycles. The molecule has 4 aromatic heterocycles. The summed E-state index contributed by atoms with van der Waals surface area (Å²) in [5, 5.41) is -1.78. The van der Waals surface area contributed by atoms with Crippen LogP contribution in [0.3, 0.4) is 0 Å². The van der Waals surface area contributed by atoms with E-state index in [1.807, 2.05) is 0 Å². The van der Waals surface area contributed by atoms with Crippen LogP contribution in [0.25, 0.3) is 98.2 Å². The number of hydrogen-bond acceptors (Lipinski definition) is 4. The second kappa shape index (κ2) is 10.9. The van der Waals surface area contributed by atoms with Gasteiger partial charge in [0.1, 0.15) is 0 Å². The number of aromatic nitrogens is 5. The zero-order valence-corrected chi connectivity index (χ0v) is 26.3. The van der Waals surface area contributed by atoms with Crippen LogP contribution < -0.4 is 0 Å². The van der Waals surface area contributed by atoms with Gasteiger partial charge in [-0.05, 0) is 42.3 Å². The van der Waals surface area contributed by atoms with Gasteiger partial charge >= 0.3 is 0 Å². The van der Waals surface area contributed by atoms with Gasteiger partial charge in [0.15, 0.2) is 11.6 Å². The molecule has 0 unspecified atom stereocenters. The van der Waals surface area contributed by atoms with E-state index < -0.39 is 189 Å². The van der Waals surface area contributed by atoms with E-state index >= 15 is 0 Å². The van der Waals surface area contributed by atoms with E-state index in [1.54, 1.807) is 30.3 Å². The minimum absolute atomic E-state index is 0.00111. The van der Waals surface area contributed by atoms with E-state index in [-0.39, 0.29) is 36.9 Å². The number of rotatable bonds is 4. The van der Waals surface area contributed by atoms with Crippen molar-refractivity contribution in [1.82, 2.24) is 24.1 Å². The molecule has 11 aromatic rings. The summed E-state index contributed by atoms with van der Waals surface area (Å²) in [5.74, 6) is -1.10. The van der Waals surface area contributed by atoms with Crippen molar-refractivity contribution in [2.75, 3.05) is 0 Å². The summed E-state index contributed by atoms with van der Waals surface area (Å²) in [4.78, 5) is 14.3. The van der Waals surface area contributed by atoms with Crippen molar-refractivity contribution in [2.45, 2.75) is 0 Å². The highest BCUT2D eigenvalue weighted by Crippen LogP contribution is 2.43. The largest absolute Gasteiger partial charge is 0.309 e. The van der Waals surface area contributed by atoms with E-state index in [1.165, 1.54) is 0 Å². The van der Waals surface area contributed by atoms with E-state index in [2.05, 4.69) is 0 Å². The third-order valence-electron chi connectivity index (χ3n) is 8.47. The molecule has 0 N–H and O–H groups in total. The Kier molecular flexibility index (Phi) is 3.07. The molecular formula is C45H27N5S. The van der Waals surface area contributed by atoms with Gasteiger partial charge in [0.05, 0.1) is 52.2 Å².